The van der Waals surface area contributed by atoms with Gasteiger partial charge in [0.05, 0.1) is 18.9 Å². The molecule has 1 aliphatic heterocycles. The fourth-order valence-corrected chi connectivity index (χ4v) is 2.06. The lowest BCUT2D eigenvalue weighted by Crippen LogP contribution is -2.38. The van der Waals surface area contributed by atoms with Gasteiger partial charge in [-0.3, -0.25) is 0 Å². The van der Waals surface area contributed by atoms with Crippen LogP contribution in [0.2, 0.25) is 0 Å². The summed E-state index contributed by atoms with van der Waals surface area (Å²) in [6.07, 6.45) is 1.74. The molecule has 0 aromatic heterocycles. The number of halogens is 1. The number of rotatable bonds is 2. The van der Waals surface area contributed by atoms with Crippen molar-refractivity contribution in [2.75, 3.05) is 25.1 Å². The van der Waals surface area contributed by atoms with Crippen molar-refractivity contribution in [3.63, 3.8) is 0 Å². The van der Waals surface area contributed by atoms with Crippen LogP contribution < -0.4 is 9.64 Å². The highest BCUT2D eigenvalue weighted by molar-refractivity contribution is 5.85. The molecule has 1 fully saturated rings. The average Bonchev–Trinajstić information content (AvgIpc) is 2.29. The van der Waals surface area contributed by atoms with E-state index >= 15 is 0 Å². The van der Waals surface area contributed by atoms with E-state index in [0.717, 1.165) is 30.8 Å². The van der Waals surface area contributed by atoms with E-state index in [9.17, 15) is 5.11 Å². The Kier molecular flexibility index (Phi) is 4.90. The molecule has 16 heavy (non-hydrogen) atoms. The molecule has 90 valence electrons. The molecule has 0 spiro atoms. The molecule has 1 aliphatic rings. The number of piperidine rings is 1. The Balaban J connectivity index is 0.00000128. The quantitative estimate of drug-likeness (QED) is 0.863. The van der Waals surface area contributed by atoms with Crippen molar-refractivity contribution in [2.24, 2.45) is 0 Å². The van der Waals surface area contributed by atoms with Crippen LogP contribution >= 0.6 is 12.4 Å². The van der Waals surface area contributed by atoms with Gasteiger partial charge < -0.3 is 14.7 Å². The van der Waals surface area contributed by atoms with Gasteiger partial charge in [-0.2, -0.15) is 0 Å². The molecule has 0 aliphatic carbocycles. The molecule has 1 heterocycles. The number of benzene rings is 1. The third kappa shape index (κ3) is 2.80. The maximum absolute atomic E-state index is 9.62. The number of nitrogens with zero attached hydrogens (tertiary/aromatic N) is 1. The van der Waals surface area contributed by atoms with Crippen LogP contribution in [0.5, 0.6) is 5.75 Å². The fraction of sp³-hybridized carbons (Fsp3) is 0.500. The zero-order valence-corrected chi connectivity index (χ0v) is 10.2. The van der Waals surface area contributed by atoms with Crippen LogP contribution in [0.3, 0.4) is 0 Å². The summed E-state index contributed by atoms with van der Waals surface area (Å²) in [6, 6.07) is 7.95. The Labute approximate surface area is 102 Å². The van der Waals surface area contributed by atoms with Crippen LogP contribution in [0.25, 0.3) is 0 Å². The summed E-state index contributed by atoms with van der Waals surface area (Å²) in [7, 11) is 1.68. The molecule has 1 aromatic carbocycles. The van der Waals surface area contributed by atoms with Gasteiger partial charge in [-0.25, -0.2) is 0 Å². The van der Waals surface area contributed by atoms with E-state index in [4.69, 9.17) is 4.74 Å². The second kappa shape index (κ2) is 5.97. The first-order valence-corrected chi connectivity index (χ1v) is 5.37. The Bertz CT molecular complexity index is 333. The molecule has 0 radical (unpaired) electrons. The highest BCUT2D eigenvalue weighted by Gasteiger charge is 2.19. The Morgan fingerprint density at radius 1 is 1.38 bits per heavy atom. The van der Waals surface area contributed by atoms with Crippen molar-refractivity contribution in [1.29, 1.82) is 0 Å². The number of aliphatic hydroxyl groups excluding tert-OH is 1. The van der Waals surface area contributed by atoms with Gasteiger partial charge in [0, 0.05) is 13.1 Å². The zero-order chi connectivity index (χ0) is 10.7. The summed E-state index contributed by atoms with van der Waals surface area (Å²) in [5.41, 5.74) is 1.08. The number of methoxy groups -OCH3 is 1. The van der Waals surface area contributed by atoms with Crippen molar-refractivity contribution in [1.82, 2.24) is 0 Å². The SMILES string of the molecule is COc1ccccc1N1CCCC(O)C1.Cl. The Morgan fingerprint density at radius 2 is 2.12 bits per heavy atom. The lowest BCUT2D eigenvalue weighted by molar-refractivity contribution is 0.154. The van der Waals surface area contributed by atoms with Crippen molar-refractivity contribution in [3.05, 3.63) is 24.3 Å². The number of aliphatic hydroxyl groups is 1. The number of para-hydroxylation sites is 2. The largest absolute Gasteiger partial charge is 0.495 e. The smallest absolute Gasteiger partial charge is 0.142 e. The number of β-amino-alcohol motifs (C(OH)–C–C–N with tert-alkyl or cyclic N) is 1. The minimum Gasteiger partial charge on any atom is -0.495 e. The third-order valence-electron chi connectivity index (χ3n) is 2.82. The fourth-order valence-electron chi connectivity index (χ4n) is 2.06. The predicted molar refractivity (Wildman–Crippen MR) is 67.7 cm³/mol. The van der Waals surface area contributed by atoms with E-state index < -0.39 is 0 Å². The molecular weight excluding hydrogens is 226 g/mol. The molecule has 1 unspecified atom stereocenters. The monoisotopic (exact) mass is 243 g/mol. The minimum atomic E-state index is -0.205. The van der Waals surface area contributed by atoms with Gasteiger partial charge in [0.2, 0.25) is 0 Å². The summed E-state index contributed by atoms with van der Waals surface area (Å²) in [4.78, 5) is 2.19. The van der Waals surface area contributed by atoms with Crippen molar-refractivity contribution < 1.29 is 9.84 Å². The summed E-state index contributed by atoms with van der Waals surface area (Å²) in [5.74, 6) is 0.881. The van der Waals surface area contributed by atoms with Crippen molar-refractivity contribution in [2.45, 2.75) is 18.9 Å². The topological polar surface area (TPSA) is 32.7 Å². The lowest BCUT2D eigenvalue weighted by Gasteiger charge is -2.32. The Morgan fingerprint density at radius 3 is 2.81 bits per heavy atom. The molecule has 0 bridgehead atoms. The molecule has 2 rings (SSSR count). The third-order valence-corrected chi connectivity index (χ3v) is 2.82. The average molecular weight is 244 g/mol. The normalized spacial score (nSPS) is 20.1. The first kappa shape index (κ1) is 13.1. The van der Waals surface area contributed by atoms with Gasteiger partial charge >= 0.3 is 0 Å². The van der Waals surface area contributed by atoms with E-state index in [0.29, 0.717) is 6.54 Å². The van der Waals surface area contributed by atoms with Crippen LogP contribution in [-0.2, 0) is 0 Å². The summed E-state index contributed by atoms with van der Waals surface area (Å²) in [6.45, 7) is 1.71. The number of hydrogen-bond acceptors (Lipinski definition) is 3. The van der Waals surface area contributed by atoms with Gasteiger partial charge in [0.15, 0.2) is 0 Å². The van der Waals surface area contributed by atoms with Gasteiger partial charge in [-0.1, -0.05) is 12.1 Å². The van der Waals surface area contributed by atoms with Crippen molar-refractivity contribution in [3.8, 4) is 5.75 Å². The Hall–Kier alpha value is -0.930. The summed E-state index contributed by atoms with van der Waals surface area (Å²) in [5, 5.41) is 9.62. The summed E-state index contributed by atoms with van der Waals surface area (Å²) < 4.78 is 5.31. The van der Waals surface area contributed by atoms with Crippen LogP contribution in [0.1, 0.15) is 12.8 Å². The molecule has 1 N–H and O–H groups in total. The second-order valence-corrected chi connectivity index (χ2v) is 3.91. The van der Waals surface area contributed by atoms with Gasteiger partial charge in [-0.05, 0) is 25.0 Å². The van der Waals surface area contributed by atoms with E-state index in [2.05, 4.69) is 4.90 Å². The van der Waals surface area contributed by atoms with Gasteiger partial charge in [-0.15, -0.1) is 12.4 Å². The molecule has 1 atom stereocenters. The second-order valence-electron chi connectivity index (χ2n) is 3.91. The maximum atomic E-state index is 9.62. The van der Waals surface area contributed by atoms with E-state index in [1.807, 2.05) is 24.3 Å². The van der Waals surface area contributed by atoms with E-state index in [1.54, 1.807) is 7.11 Å². The van der Waals surface area contributed by atoms with Gasteiger partial charge in [0.25, 0.3) is 0 Å². The highest BCUT2D eigenvalue weighted by Crippen LogP contribution is 2.29. The molecule has 0 amide bonds. The minimum absolute atomic E-state index is 0. The number of hydrogen-bond donors (Lipinski definition) is 1. The first-order valence-electron chi connectivity index (χ1n) is 5.37. The highest BCUT2D eigenvalue weighted by atomic mass is 35.5. The van der Waals surface area contributed by atoms with Crippen molar-refractivity contribution >= 4 is 18.1 Å². The van der Waals surface area contributed by atoms with Crippen LogP contribution in [-0.4, -0.2) is 31.4 Å². The molecule has 1 saturated heterocycles. The standard InChI is InChI=1S/C12H17NO2.ClH/c1-15-12-7-3-2-6-11(12)13-8-4-5-10(14)9-13;/h2-3,6-7,10,14H,4-5,8-9H2,1H3;1H. The van der Waals surface area contributed by atoms with Crippen LogP contribution in [0.4, 0.5) is 5.69 Å². The van der Waals surface area contributed by atoms with Gasteiger partial charge in [0.1, 0.15) is 5.75 Å². The zero-order valence-electron chi connectivity index (χ0n) is 9.43. The summed E-state index contributed by atoms with van der Waals surface area (Å²) >= 11 is 0. The molecular formula is C12H18ClNO2. The lowest BCUT2D eigenvalue weighted by atomic mass is 10.1. The molecule has 0 saturated carbocycles. The number of anilines is 1. The van der Waals surface area contributed by atoms with E-state index in [1.165, 1.54) is 0 Å². The molecule has 1 aromatic rings. The molecule has 4 heteroatoms. The maximum Gasteiger partial charge on any atom is 0.142 e. The first-order chi connectivity index (χ1) is 7.31. The van der Waals surface area contributed by atoms with E-state index in [-0.39, 0.29) is 18.5 Å². The van der Waals surface area contributed by atoms with Crippen LogP contribution in [0.15, 0.2) is 24.3 Å². The van der Waals surface area contributed by atoms with Crippen LogP contribution in [0, 0.1) is 0 Å². The molecule has 3 nitrogen and oxygen atoms in total. The number of ether oxygens (including phenoxy) is 1. The predicted octanol–water partition coefficient (Wildman–Crippen LogP) is 2.08.